The van der Waals surface area contributed by atoms with Crippen molar-refractivity contribution in [3.05, 3.63) is 0 Å². The monoisotopic (exact) mass is 183 g/mol. The van der Waals surface area contributed by atoms with E-state index in [1.807, 2.05) is 0 Å². The van der Waals surface area contributed by atoms with Gasteiger partial charge in [0, 0.05) is 5.92 Å². The summed E-state index contributed by atoms with van der Waals surface area (Å²) in [4.78, 5) is 22.0. The van der Waals surface area contributed by atoms with E-state index in [0.717, 1.165) is 19.3 Å². The van der Waals surface area contributed by atoms with Gasteiger partial charge in [0.05, 0.1) is 6.04 Å². The molecular weight excluding hydrogens is 170 g/mol. The van der Waals surface area contributed by atoms with E-state index in [1.54, 1.807) is 6.92 Å². The van der Waals surface area contributed by atoms with Crippen molar-refractivity contribution in [3.63, 3.8) is 0 Å². The van der Waals surface area contributed by atoms with Gasteiger partial charge in [-0.3, -0.25) is 4.79 Å². The molecule has 0 bridgehead atoms. The number of amides is 1. The fraction of sp³-hybridized carbons (Fsp3) is 0.778. The molecule has 1 saturated carbocycles. The van der Waals surface area contributed by atoms with Crippen molar-refractivity contribution in [2.45, 2.75) is 38.3 Å². The van der Waals surface area contributed by atoms with Gasteiger partial charge in [0.25, 0.3) is 0 Å². The summed E-state index contributed by atoms with van der Waals surface area (Å²) in [5, 5.41) is 2.73. The van der Waals surface area contributed by atoms with Gasteiger partial charge in [-0.15, -0.1) is 0 Å². The highest BCUT2D eigenvalue weighted by Gasteiger charge is 2.40. The smallest absolute Gasteiger partial charge is 0.407 e. The summed E-state index contributed by atoms with van der Waals surface area (Å²) in [6.07, 6.45) is 2.08. The summed E-state index contributed by atoms with van der Waals surface area (Å²) in [7, 11) is 0. The molecule has 3 unspecified atom stereocenters. The molecule has 1 aliphatic carbocycles. The van der Waals surface area contributed by atoms with Gasteiger partial charge in [-0.2, -0.15) is 0 Å². The Balaban J connectivity index is 2.01. The molecule has 2 aliphatic rings. The number of ether oxygens (including phenoxy) is 1. The highest BCUT2D eigenvalue weighted by molar-refractivity contribution is 5.79. The van der Waals surface area contributed by atoms with E-state index >= 15 is 0 Å². The van der Waals surface area contributed by atoms with Crippen LogP contribution in [0.15, 0.2) is 0 Å². The van der Waals surface area contributed by atoms with Gasteiger partial charge >= 0.3 is 6.09 Å². The van der Waals surface area contributed by atoms with Crippen LogP contribution in [0.5, 0.6) is 0 Å². The van der Waals surface area contributed by atoms with Crippen molar-refractivity contribution in [2.75, 3.05) is 0 Å². The molecule has 2 rings (SSSR count). The van der Waals surface area contributed by atoms with Gasteiger partial charge in [0.1, 0.15) is 11.9 Å². The molecule has 1 N–H and O–H groups in total. The van der Waals surface area contributed by atoms with E-state index in [2.05, 4.69) is 5.32 Å². The van der Waals surface area contributed by atoms with Crippen LogP contribution in [-0.4, -0.2) is 24.0 Å². The van der Waals surface area contributed by atoms with Crippen LogP contribution >= 0.6 is 0 Å². The second-order valence-electron chi connectivity index (χ2n) is 3.82. The summed E-state index contributed by atoms with van der Waals surface area (Å²) in [5.41, 5.74) is 0. The van der Waals surface area contributed by atoms with Gasteiger partial charge in [-0.05, 0) is 26.2 Å². The minimum absolute atomic E-state index is 0.00287. The van der Waals surface area contributed by atoms with E-state index < -0.39 is 0 Å². The Bertz CT molecular complexity index is 251. The Morgan fingerprint density at radius 3 is 3.00 bits per heavy atom. The maximum absolute atomic E-state index is 11.1. The minimum Gasteiger partial charge on any atom is -0.444 e. The van der Waals surface area contributed by atoms with Crippen LogP contribution in [0.1, 0.15) is 26.2 Å². The van der Waals surface area contributed by atoms with Crippen LogP contribution in [0.2, 0.25) is 0 Å². The quantitative estimate of drug-likeness (QED) is 0.655. The lowest BCUT2D eigenvalue weighted by Gasteiger charge is -2.27. The predicted octanol–water partition coefficient (Wildman–Crippen LogP) is 0.853. The molecule has 0 radical (unpaired) electrons. The van der Waals surface area contributed by atoms with Crippen molar-refractivity contribution < 1.29 is 14.3 Å². The minimum atomic E-state index is -0.334. The average molecular weight is 183 g/mol. The molecule has 4 nitrogen and oxygen atoms in total. The molecule has 0 spiro atoms. The summed E-state index contributed by atoms with van der Waals surface area (Å²) in [6.45, 7) is 1.61. The Morgan fingerprint density at radius 2 is 2.31 bits per heavy atom. The molecule has 0 aromatic carbocycles. The zero-order valence-corrected chi connectivity index (χ0v) is 7.58. The first-order valence-electron chi connectivity index (χ1n) is 4.64. The first-order valence-corrected chi connectivity index (χ1v) is 4.64. The lowest BCUT2D eigenvalue weighted by Crippen LogP contribution is -2.39. The molecule has 1 saturated heterocycles. The van der Waals surface area contributed by atoms with Crippen molar-refractivity contribution in [1.82, 2.24) is 5.32 Å². The Kier molecular flexibility index (Phi) is 1.98. The zero-order valence-electron chi connectivity index (χ0n) is 7.58. The largest absolute Gasteiger partial charge is 0.444 e. The predicted molar refractivity (Wildman–Crippen MR) is 45.2 cm³/mol. The van der Waals surface area contributed by atoms with Crippen LogP contribution < -0.4 is 5.32 Å². The van der Waals surface area contributed by atoms with E-state index in [0.29, 0.717) is 0 Å². The zero-order chi connectivity index (χ0) is 9.42. The van der Waals surface area contributed by atoms with Gasteiger partial charge in [0.15, 0.2) is 0 Å². The van der Waals surface area contributed by atoms with Crippen LogP contribution in [0.3, 0.4) is 0 Å². The third-order valence-corrected chi connectivity index (χ3v) is 2.92. The molecule has 1 amide bonds. The van der Waals surface area contributed by atoms with Gasteiger partial charge in [-0.1, -0.05) is 0 Å². The Hall–Kier alpha value is -1.06. The number of hydrogen-bond donors (Lipinski definition) is 1. The third-order valence-electron chi connectivity index (χ3n) is 2.92. The second-order valence-corrected chi connectivity index (χ2v) is 3.82. The number of ketones is 1. The summed E-state index contributed by atoms with van der Waals surface area (Å²) < 4.78 is 5.03. The standard InChI is InChI=1S/C9H13NO3/c1-5(11)6-2-3-8-7(4-6)10-9(12)13-8/h6-8H,2-4H2,1H3,(H,10,12). The Labute approximate surface area is 76.6 Å². The van der Waals surface area contributed by atoms with Crippen molar-refractivity contribution in [3.8, 4) is 0 Å². The number of nitrogens with one attached hydrogen (secondary N) is 1. The van der Waals surface area contributed by atoms with Crippen LogP contribution in [0, 0.1) is 5.92 Å². The van der Waals surface area contributed by atoms with E-state index in [4.69, 9.17) is 4.74 Å². The molecule has 4 heteroatoms. The molecule has 0 aromatic rings. The molecule has 72 valence electrons. The first-order chi connectivity index (χ1) is 6.16. The summed E-state index contributed by atoms with van der Waals surface area (Å²) >= 11 is 0. The highest BCUT2D eigenvalue weighted by atomic mass is 16.6. The topological polar surface area (TPSA) is 55.4 Å². The number of carbonyl (C=O) groups excluding carboxylic acids is 2. The number of hydrogen-bond acceptors (Lipinski definition) is 3. The molecule has 3 atom stereocenters. The number of carbonyl (C=O) groups is 2. The maximum atomic E-state index is 11.1. The van der Waals surface area contributed by atoms with Crippen LogP contribution in [0.4, 0.5) is 4.79 Å². The molecular formula is C9H13NO3. The number of Topliss-reactive ketones (excluding diaryl/α,β-unsaturated/α-hetero) is 1. The molecule has 2 fully saturated rings. The van der Waals surface area contributed by atoms with Crippen molar-refractivity contribution in [2.24, 2.45) is 5.92 Å². The summed E-state index contributed by atoms with van der Waals surface area (Å²) in [5.74, 6) is 0.336. The second kappa shape index (κ2) is 3.01. The van der Waals surface area contributed by atoms with E-state index in [-0.39, 0.29) is 29.9 Å². The molecule has 13 heavy (non-hydrogen) atoms. The third kappa shape index (κ3) is 1.53. The van der Waals surface area contributed by atoms with Gasteiger partial charge in [0.2, 0.25) is 0 Å². The SMILES string of the molecule is CC(=O)C1CCC2OC(=O)NC2C1. The van der Waals surface area contributed by atoms with E-state index in [9.17, 15) is 9.59 Å². The van der Waals surface area contributed by atoms with Crippen LogP contribution in [-0.2, 0) is 9.53 Å². The molecule has 1 heterocycles. The van der Waals surface area contributed by atoms with Gasteiger partial charge < -0.3 is 10.1 Å². The lowest BCUT2D eigenvalue weighted by atomic mass is 9.82. The van der Waals surface area contributed by atoms with Crippen molar-refractivity contribution >= 4 is 11.9 Å². The highest BCUT2D eigenvalue weighted by Crippen LogP contribution is 2.30. The molecule has 0 aromatic heterocycles. The first kappa shape index (κ1) is 8.53. The number of rotatable bonds is 1. The average Bonchev–Trinajstić information content (AvgIpc) is 2.42. The van der Waals surface area contributed by atoms with Crippen molar-refractivity contribution in [1.29, 1.82) is 0 Å². The number of alkyl carbamates (subject to hydrolysis) is 1. The fourth-order valence-corrected chi connectivity index (χ4v) is 2.13. The van der Waals surface area contributed by atoms with Crippen LogP contribution in [0.25, 0.3) is 0 Å². The molecule has 1 aliphatic heterocycles. The van der Waals surface area contributed by atoms with E-state index in [1.165, 1.54) is 0 Å². The number of fused-ring (bicyclic) bond motifs is 1. The maximum Gasteiger partial charge on any atom is 0.407 e. The lowest BCUT2D eigenvalue weighted by molar-refractivity contribution is -0.122. The Morgan fingerprint density at radius 1 is 1.54 bits per heavy atom. The normalized spacial score (nSPS) is 37.6. The van der Waals surface area contributed by atoms with Gasteiger partial charge in [-0.25, -0.2) is 4.79 Å². The summed E-state index contributed by atoms with van der Waals surface area (Å²) in [6, 6.07) is 0.0650. The fourth-order valence-electron chi connectivity index (χ4n) is 2.13.